The average molecular weight is 655 g/mol. The van der Waals surface area contributed by atoms with Crippen molar-refractivity contribution >= 4 is 60.9 Å². The highest BCUT2D eigenvalue weighted by Gasteiger charge is 2.18. The minimum atomic E-state index is 0.593. The lowest BCUT2D eigenvalue weighted by Gasteiger charge is -2.26. The van der Waals surface area contributed by atoms with Crippen LogP contribution in [0.3, 0.4) is 0 Å². The fourth-order valence-corrected chi connectivity index (χ4v) is 7.19. The lowest BCUT2D eigenvalue weighted by molar-refractivity contribution is 0.620. The molecule has 10 rings (SSSR count). The van der Waals surface area contributed by atoms with Crippen LogP contribution in [0.2, 0.25) is 0 Å². The van der Waals surface area contributed by atoms with Crippen LogP contribution in [0, 0.1) is 0 Å². The van der Waals surface area contributed by atoms with Crippen molar-refractivity contribution in [3.05, 3.63) is 182 Å². The molecule has 0 fully saturated rings. The Balaban J connectivity index is 1.01. The molecule has 2 heterocycles. The topological polar surface area (TPSA) is 42.4 Å². The lowest BCUT2D eigenvalue weighted by Crippen LogP contribution is -2.09. The molecule has 0 N–H and O–H groups in total. The van der Waals surface area contributed by atoms with Crippen LogP contribution < -0.4 is 4.90 Å². The molecular weight excluding hydrogens is 625 g/mol. The summed E-state index contributed by atoms with van der Waals surface area (Å²) in [5, 5.41) is 4.52. The molecule has 8 aromatic carbocycles. The van der Waals surface area contributed by atoms with Crippen LogP contribution in [0.5, 0.6) is 0 Å². The van der Waals surface area contributed by atoms with Gasteiger partial charge in [-0.15, -0.1) is 0 Å². The minimum absolute atomic E-state index is 0.593. The maximum atomic E-state index is 6.42. The molecule has 2 aromatic heterocycles. The second-order valence-corrected chi connectivity index (χ2v) is 12.8. The van der Waals surface area contributed by atoms with E-state index in [9.17, 15) is 0 Å². The summed E-state index contributed by atoms with van der Waals surface area (Å²) in [6.45, 7) is 0. The normalized spacial score (nSPS) is 11.5. The fourth-order valence-electron chi connectivity index (χ4n) is 7.19. The van der Waals surface area contributed by atoms with E-state index in [4.69, 9.17) is 13.8 Å². The molecule has 0 saturated carbocycles. The van der Waals surface area contributed by atoms with Crippen LogP contribution in [0.4, 0.5) is 17.1 Å². The van der Waals surface area contributed by atoms with Gasteiger partial charge in [-0.3, -0.25) is 0 Å². The third-order valence-corrected chi connectivity index (χ3v) is 9.68. The van der Waals surface area contributed by atoms with Crippen molar-refractivity contribution in [2.45, 2.75) is 0 Å². The first-order chi connectivity index (χ1) is 25.2. The van der Waals surface area contributed by atoms with E-state index >= 15 is 0 Å². The number of rotatable bonds is 6. The number of anilines is 3. The molecule has 51 heavy (non-hydrogen) atoms. The van der Waals surface area contributed by atoms with E-state index < -0.39 is 0 Å². The van der Waals surface area contributed by atoms with Gasteiger partial charge in [0.15, 0.2) is 5.58 Å². The molecule has 0 bridgehead atoms. The van der Waals surface area contributed by atoms with Gasteiger partial charge >= 0.3 is 0 Å². The Morgan fingerprint density at radius 1 is 0.392 bits per heavy atom. The number of benzene rings is 8. The number of nitrogens with zero attached hydrogens (tertiary/aromatic N) is 2. The molecule has 4 nitrogen and oxygen atoms in total. The number of hydrogen-bond acceptors (Lipinski definition) is 4. The summed E-state index contributed by atoms with van der Waals surface area (Å²) in [7, 11) is 0. The molecule has 10 aromatic rings. The highest BCUT2D eigenvalue weighted by Crippen LogP contribution is 2.41. The summed E-state index contributed by atoms with van der Waals surface area (Å²) in [5.41, 5.74) is 12.0. The zero-order valence-corrected chi connectivity index (χ0v) is 27.5. The van der Waals surface area contributed by atoms with Crippen LogP contribution in [0.25, 0.3) is 77.5 Å². The highest BCUT2D eigenvalue weighted by atomic mass is 16.3. The quantitative estimate of drug-likeness (QED) is 0.179. The standard InChI is InChI=1S/C47H30N2O2/c1-2-13-37(14-3-1)49(39-15-8-12-34(29-39)35-21-20-31-10-4-5-11-33(31)28-35)38-25-22-32(23-26-38)36-24-27-40-45(30-36)50-44-19-9-16-41(46(40)44)47-48-42-17-6-7-18-43(42)51-47/h1-30H. The van der Waals surface area contributed by atoms with Gasteiger partial charge in [0.05, 0.1) is 0 Å². The van der Waals surface area contributed by atoms with E-state index in [2.05, 4.69) is 144 Å². The number of para-hydroxylation sites is 3. The van der Waals surface area contributed by atoms with E-state index in [-0.39, 0.29) is 0 Å². The maximum absolute atomic E-state index is 6.42. The molecular formula is C47H30N2O2. The third kappa shape index (κ3) is 5.13. The molecule has 0 aliphatic carbocycles. The van der Waals surface area contributed by atoms with Gasteiger partial charge in [-0.1, -0.05) is 103 Å². The second kappa shape index (κ2) is 11.9. The Kier molecular flexibility index (Phi) is 6.78. The summed E-state index contributed by atoms with van der Waals surface area (Å²) >= 11 is 0. The largest absolute Gasteiger partial charge is 0.456 e. The smallest absolute Gasteiger partial charge is 0.228 e. The molecule has 0 saturated heterocycles. The first-order valence-corrected chi connectivity index (χ1v) is 17.1. The molecule has 0 amide bonds. The van der Waals surface area contributed by atoms with Crippen molar-refractivity contribution in [3.8, 4) is 33.7 Å². The van der Waals surface area contributed by atoms with E-state index in [0.717, 1.165) is 66.8 Å². The molecule has 0 spiro atoms. The summed E-state index contributed by atoms with van der Waals surface area (Å²) < 4.78 is 12.6. The fraction of sp³-hybridized carbons (Fsp3) is 0. The summed E-state index contributed by atoms with van der Waals surface area (Å²) in [6.07, 6.45) is 0. The summed E-state index contributed by atoms with van der Waals surface area (Å²) in [6, 6.07) is 63.6. The van der Waals surface area contributed by atoms with E-state index in [1.807, 2.05) is 42.5 Å². The maximum Gasteiger partial charge on any atom is 0.228 e. The molecule has 0 radical (unpaired) electrons. The van der Waals surface area contributed by atoms with Crippen molar-refractivity contribution in [3.63, 3.8) is 0 Å². The third-order valence-electron chi connectivity index (χ3n) is 9.68. The van der Waals surface area contributed by atoms with Gasteiger partial charge in [0.25, 0.3) is 0 Å². The van der Waals surface area contributed by atoms with E-state index in [0.29, 0.717) is 5.89 Å². The molecule has 0 aliphatic heterocycles. The minimum Gasteiger partial charge on any atom is -0.456 e. The van der Waals surface area contributed by atoms with Crippen LogP contribution in [0.1, 0.15) is 0 Å². The van der Waals surface area contributed by atoms with E-state index in [1.165, 1.54) is 21.9 Å². The van der Waals surface area contributed by atoms with Crippen molar-refractivity contribution in [1.29, 1.82) is 0 Å². The molecule has 240 valence electrons. The Morgan fingerprint density at radius 3 is 1.94 bits per heavy atom. The predicted molar refractivity (Wildman–Crippen MR) is 210 cm³/mol. The van der Waals surface area contributed by atoms with Crippen LogP contribution in [0.15, 0.2) is 191 Å². The van der Waals surface area contributed by atoms with Gasteiger partial charge in [-0.2, -0.15) is 0 Å². The van der Waals surface area contributed by atoms with Gasteiger partial charge in [0.2, 0.25) is 5.89 Å². The SMILES string of the molecule is c1ccc(N(c2ccc(-c3ccc4c(c3)oc3cccc(-c5nc6ccccc6o5)c34)cc2)c2cccc(-c3ccc4ccccc4c3)c2)cc1. The average Bonchev–Trinajstić information content (AvgIpc) is 3.80. The lowest BCUT2D eigenvalue weighted by atomic mass is 10.00. The molecule has 0 aliphatic rings. The van der Waals surface area contributed by atoms with Gasteiger partial charge in [-0.05, 0) is 112 Å². The number of aromatic nitrogens is 1. The van der Waals surface area contributed by atoms with Crippen LogP contribution in [-0.4, -0.2) is 4.98 Å². The molecule has 0 unspecified atom stereocenters. The predicted octanol–water partition coefficient (Wildman–Crippen LogP) is 13.4. The van der Waals surface area contributed by atoms with Gasteiger partial charge in [-0.25, -0.2) is 4.98 Å². The van der Waals surface area contributed by atoms with Crippen molar-refractivity contribution in [2.75, 3.05) is 4.90 Å². The van der Waals surface area contributed by atoms with Crippen molar-refractivity contribution in [1.82, 2.24) is 4.98 Å². The van der Waals surface area contributed by atoms with Crippen molar-refractivity contribution in [2.24, 2.45) is 0 Å². The second-order valence-electron chi connectivity index (χ2n) is 12.8. The first kappa shape index (κ1) is 29.0. The molecule has 0 atom stereocenters. The van der Waals surface area contributed by atoms with Gasteiger partial charge < -0.3 is 13.7 Å². The zero-order valence-electron chi connectivity index (χ0n) is 27.5. The van der Waals surface area contributed by atoms with Crippen LogP contribution in [-0.2, 0) is 0 Å². The number of hydrogen-bond donors (Lipinski definition) is 0. The number of furan rings is 1. The summed E-state index contributed by atoms with van der Waals surface area (Å²) in [5.74, 6) is 0.593. The Bertz CT molecular complexity index is 2830. The Hall–Kier alpha value is -6.91. The molecule has 4 heteroatoms. The number of fused-ring (bicyclic) bond motifs is 5. The van der Waals surface area contributed by atoms with Crippen LogP contribution >= 0.6 is 0 Å². The Morgan fingerprint density at radius 2 is 1.06 bits per heavy atom. The van der Waals surface area contributed by atoms with Gasteiger partial charge in [0.1, 0.15) is 16.7 Å². The number of oxazole rings is 1. The highest BCUT2D eigenvalue weighted by molar-refractivity contribution is 6.12. The van der Waals surface area contributed by atoms with Crippen molar-refractivity contribution < 1.29 is 8.83 Å². The Labute approximate surface area is 294 Å². The zero-order chi connectivity index (χ0) is 33.7. The van der Waals surface area contributed by atoms with E-state index in [1.54, 1.807) is 0 Å². The first-order valence-electron chi connectivity index (χ1n) is 17.1. The summed E-state index contributed by atoms with van der Waals surface area (Å²) in [4.78, 5) is 7.08. The van der Waals surface area contributed by atoms with Gasteiger partial charge in [0, 0.05) is 33.4 Å². The monoisotopic (exact) mass is 654 g/mol.